The highest BCUT2D eigenvalue weighted by molar-refractivity contribution is 8.18. The Morgan fingerprint density at radius 1 is 1.09 bits per heavy atom. The highest BCUT2D eigenvalue weighted by Crippen LogP contribution is 2.32. The molecule has 0 aliphatic carbocycles. The Kier molecular flexibility index (Phi) is 4.43. The summed E-state index contributed by atoms with van der Waals surface area (Å²) in [7, 11) is 0. The third-order valence-electron chi connectivity index (χ3n) is 3.24. The lowest BCUT2D eigenvalue weighted by Gasteiger charge is -2.14. The van der Waals surface area contributed by atoms with Crippen molar-refractivity contribution in [2.24, 2.45) is 0 Å². The Hall–Kier alpha value is -2.60. The van der Waals surface area contributed by atoms with Crippen LogP contribution in [0.4, 0.5) is 14.9 Å². The van der Waals surface area contributed by atoms with Gasteiger partial charge in [-0.05, 0) is 47.7 Å². The highest BCUT2D eigenvalue weighted by Gasteiger charge is 2.34. The van der Waals surface area contributed by atoms with Crippen LogP contribution in [0.1, 0.15) is 5.56 Å². The lowest BCUT2D eigenvalue weighted by Crippen LogP contribution is -2.33. The molecule has 23 heavy (non-hydrogen) atoms. The predicted octanol–water partition coefficient (Wildman–Crippen LogP) is 3.93. The lowest BCUT2D eigenvalue weighted by molar-refractivity contribution is -0.122. The van der Waals surface area contributed by atoms with E-state index in [1.54, 1.807) is 12.1 Å². The van der Waals surface area contributed by atoms with Crippen molar-refractivity contribution < 1.29 is 14.0 Å². The Morgan fingerprint density at radius 2 is 1.87 bits per heavy atom. The summed E-state index contributed by atoms with van der Waals surface area (Å²) in [5, 5.41) is 2.68. The number of halogens is 1. The number of imide groups is 1. The minimum atomic E-state index is -0.385. The molecule has 0 bridgehead atoms. The second-order valence-corrected chi connectivity index (χ2v) is 5.86. The fourth-order valence-electron chi connectivity index (χ4n) is 2.11. The topological polar surface area (TPSA) is 49.4 Å². The molecule has 1 N–H and O–H groups in total. The standard InChI is InChI=1S/C17H13FN2O2S/c18-13-6-4-5-12(9-13)10-15-16(21)20(17(22)23-15)11-19-14-7-2-1-3-8-14/h1-10,19H,11H2/b15-10-. The van der Waals surface area contributed by atoms with Crippen LogP contribution < -0.4 is 5.32 Å². The number of hydrogen-bond acceptors (Lipinski definition) is 4. The average Bonchev–Trinajstić information content (AvgIpc) is 2.80. The Balaban J connectivity index is 1.72. The van der Waals surface area contributed by atoms with E-state index in [1.807, 2.05) is 30.3 Å². The van der Waals surface area contributed by atoms with Gasteiger partial charge in [0.1, 0.15) is 5.82 Å². The molecule has 0 atom stereocenters. The number of rotatable bonds is 4. The molecule has 2 amide bonds. The minimum absolute atomic E-state index is 0.0924. The van der Waals surface area contributed by atoms with Gasteiger partial charge in [0.05, 0.1) is 11.6 Å². The number of para-hydroxylation sites is 1. The maximum atomic E-state index is 13.2. The molecule has 0 unspecified atom stereocenters. The molecule has 0 saturated carbocycles. The third-order valence-corrected chi connectivity index (χ3v) is 4.14. The third kappa shape index (κ3) is 3.60. The van der Waals surface area contributed by atoms with Crippen LogP contribution in [0, 0.1) is 5.82 Å². The van der Waals surface area contributed by atoms with Gasteiger partial charge in [-0.1, -0.05) is 30.3 Å². The van der Waals surface area contributed by atoms with E-state index in [-0.39, 0.29) is 28.5 Å². The number of benzene rings is 2. The number of amides is 2. The first-order chi connectivity index (χ1) is 11.1. The van der Waals surface area contributed by atoms with E-state index in [0.717, 1.165) is 22.3 Å². The molecule has 1 heterocycles. The summed E-state index contributed by atoms with van der Waals surface area (Å²) in [6.45, 7) is 0.0924. The SMILES string of the molecule is O=C1S/C(=C\c2cccc(F)c2)C(=O)N1CNc1ccccc1. The Morgan fingerprint density at radius 3 is 2.61 bits per heavy atom. The van der Waals surface area contributed by atoms with Crippen LogP contribution >= 0.6 is 11.8 Å². The largest absolute Gasteiger partial charge is 0.367 e. The first kappa shape index (κ1) is 15.3. The van der Waals surface area contributed by atoms with Gasteiger partial charge in [0, 0.05) is 5.69 Å². The molecule has 1 aliphatic heterocycles. The van der Waals surface area contributed by atoms with Crippen LogP contribution in [-0.4, -0.2) is 22.7 Å². The first-order valence-corrected chi connectivity index (χ1v) is 7.75. The number of carbonyl (C=O) groups is 2. The second-order valence-electron chi connectivity index (χ2n) is 4.87. The molecule has 3 rings (SSSR count). The molecule has 0 aromatic heterocycles. The van der Waals surface area contributed by atoms with Crippen molar-refractivity contribution in [2.45, 2.75) is 0 Å². The monoisotopic (exact) mass is 328 g/mol. The van der Waals surface area contributed by atoms with Gasteiger partial charge in [-0.25, -0.2) is 4.39 Å². The number of thioether (sulfide) groups is 1. The van der Waals surface area contributed by atoms with Crippen molar-refractivity contribution in [3.63, 3.8) is 0 Å². The number of anilines is 1. The molecule has 1 saturated heterocycles. The summed E-state index contributed by atoms with van der Waals surface area (Å²) in [5.41, 5.74) is 1.37. The van der Waals surface area contributed by atoms with Crippen molar-refractivity contribution in [1.29, 1.82) is 0 Å². The van der Waals surface area contributed by atoms with Crippen molar-refractivity contribution in [2.75, 3.05) is 12.0 Å². The molecule has 2 aromatic carbocycles. The van der Waals surface area contributed by atoms with E-state index < -0.39 is 0 Å². The molecule has 2 aromatic rings. The van der Waals surface area contributed by atoms with Gasteiger partial charge in [-0.2, -0.15) is 0 Å². The molecule has 6 heteroatoms. The summed E-state index contributed by atoms with van der Waals surface area (Å²) in [6.07, 6.45) is 1.52. The van der Waals surface area contributed by atoms with Gasteiger partial charge in [0.15, 0.2) is 0 Å². The average molecular weight is 328 g/mol. The van der Waals surface area contributed by atoms with Gasteiger partial charge in [-0.15, -0.1) is 0 Å². The molecule has 0 spiro atoms. The van der Waals surface area contributed by atoms with E-state index in [0.29, 0.717) is 5.56 Å². The molecule has 116 valence electrons. The lowest BCUT2D eigenvalue weighted by atomic mass is 10.2. The van der Waals surface area contributed by atoms with Crippen molar-refractivity contribution in [3.8, 4) is 0 Å². The molecule has 1 aliphatic rings. The molecule has 0 radical (unpaired) electrons. The van der Waals surface area contributed by atoms with E-state index >= 15 is 0 Å². The van der Waals surface area contributed by atoms with Crippen LogP contribution in [0.5, 0.6) is 0 Å². The van der Waals surface area contributed by atoms with E-state index in [1.165, 1.54) is 18.2 Å². The van der Waals surface area contributed by atoms with E-state index in [4.69, 9.17) is 0 Å². The van der Waals surface area contributed by atoms with Crippen molar-refractivity contribution in [3.05, 3.63) is 70.9 Å². The zero-order valence-electron chi connectivity index (χ0n) is 12.0. The number of hydrogen-bond donors (Lipinski definition) is 1. The first-order valence-electron chi connectivity index (χ1n) is 6.93. The van der Waals surface area contributed by atoms with Gasteiger partial charge in [0.2, 0.25) is 0 Å². The summed E-state index contributed by atoms with van der Waals surface area (Å²) < 4.78 is 13.2. The quantitative estimate of drug-likeness (QED) is 0.864. The maximum absolute atomic E-state index is 13.2. The van der Waals surface area contributed by atoms with E-state index in [2.05, 4.69) is 5.32 Å². The fraction of sp³-hybridized carbons (Fsp3) is 0.0588. The van der Waals surface area contributed by atoms with E-state index in [9.17, 15) is 14.0 Å². The van der Waals surface area contributed by atoms with Gasteiger partial charge < -0.3 is 5.32 Å². The summed E-state index contributed by atoms with van der Waals surface area (Å²) >= 11 is 0.854. The fourth-order valence-corrected chi connectivity index (χ4v) is 2.95. The van der Waals surface area contributed by atoms with Crippen LogP contribution in [0.15, 0.2) is 59.5 Å². The van der Waals surface area contributed by atoms with Crippen LogP contribution in [0.25, 0.3) is 6.08 Å². The summed E-state index contributed by atoms with van der Waals surface area (Å²) in [4.78, 5) is 25.7. The Bertz CT molecular complexity index is 777. The molecular formula is C17H13FN2O2S. The van der Waals surface area contributed by atoms with Crippen LogP contribution in [0.2, 0.25) is 0 Å². The molecule has 4 nitrogen and oxygen atoms in total. The van der Waals surface area contributed by atoms with Gasteiger partial charge in [0.25, 0.3) is 11.1 Å². The number of carbonyl (C=O) groups excluding carboxylic acids is 2. The number of nitrogens with one attached hydrogen (secondary N) is 1. The number of nitrogens with zero attached hydrogens (tertiary/aromatic N) is 1. The van der Waals surface area contributed by atoms with Crippen molar-refractivity contribution >= 4 is 34.7 Å². The zero-order valence-corrected chi connectivity index (χ0v) is 12.8. The summed E-state index contributed by atoms with van der Waals surface area (Å²) in [5.74, 6) is -0.767. The maximum Gasteiger partial charge on any atom is 0.295 e. The highest BCUT2D eigenvalue weighted by atomic mass is 32.2. The van der Waals surface area contributed by atoms with Crippen molar-refractivity contribution in [1.82, 2.24) is 4.90 Å². The van der Waals surface area contributed by atoms with Gasteiger partial charge in [-0.3, -0.25) is 14.5 Å². The van der Waals surface area contributed by atoms with Crippen LogP contribution in [0.3, 0.4) is 0 Å². The molecular weight excluding hydrogens is 315 g/mol. The minimum Gasteiger partial charge on any atom is -0.367 e. The smallest absolute Gasteiger partial charge is 0.295 e. The summed E-state index contributed by atoms with van der Waals surface area (Å²) in [6, 6.07) is 15.2. The second kappa shape index (κ2) is 6.66. The molecule has 1 fully saturated rings. The van der Waals surface area contributed by atoms with Crippen LogP contribution in [-0.2, 0) is 4.79 Å². The Labute approximate surface area is 137 Å². The zero-order chi connectivity index (χ0) is 16.2. The normalized spacial score (nSPS) is 16.2. The predicted molar refractivity (Wildman–Crippen MR) is 89.1 cm³/mol. The van der Waals surface area contributed by atoms with Gasteiger partial charge >= 0.3 is 0 Å².